The van der Waals surface area contributed by atoms with Crippen LogP contribution in [-0.4, -0.2) is 37.6 Å². The van der Waals surface area contributed by atoms with E-state index >= 15 is 0 Å². The first kappa shape index (κ1) is 23.0. The second-order valence-corrected chi connectivity index (χ2v) is 8.97. The van der Waals surface area contributed by atoms with E-state index in [4.69, 9.17) is 0 Å². The Morgan fingerprint density at radius 2 is 1.36 bits per heavy atom. The molecule has 1 N–H and O–H groups in total. The molecule has 1 heterocycles. The highest BCUT2D eigenvalue weighted by atomic mass is 15.2. The van der Waals surface area contributed by atoms with Gasteiger partial charge in [-0.1, -0.05) is 91.4 Å². The van der Waals surface area contributed by atoms with Gasteiger partial charge in [-0.3, -0.25) is 4.90 Å². The van der Waals surface area contributed by atoms with Gasteiger partial charge in [0.15, 0.2) is 0 Å². The van der Waals surface area contributed by atoms with E-state index in [-0.39, 0.29) is 0 Å². The van der Waals surface area contributed by atoms with Crippen molar-refractivity contribution in [3.8, 4) is 0 Å². The molecular weight excluding hydrogens is 304 g/mol. The summed E-state index contributed by atoms with van der Waals surface area (Å²) in [6.07, 6.45) is 19.9. The summed E-state index contributed by atoms with van der Waals surface area (Å²) in [4.78, 5) is 2.85. The molecule has 1 saturated heterocycles. The van der Waals surface area contributed by atoms with Crippen LogP contribution in [0.25, 0.3) is 0 Å². The van der Waals surface area contributed by atoms with E-state index in [9.17, 15) is 0 Å². The lowest BCUT2D eigenvalue weighted by Crippen LogP contribution is -2.38. The highest BCUT2D eigenvalue weighted by molar-refractivity contribution is 4.90. The minimum absolute atomic E-state index is 0.496. The van der Waals surface area contributed by atoms with Gasteiger partial charge in [0, 0.05) is 19.1 Å². The van der Waals surface area contributed by atoms with Crippen molar-refractivity contribution in [2.24, 2.45) is 5.41 Å². The van der Waals surface area contributed by atoms with Gasteiger partial charge in [-0.25, -0.2) is 0 Å². The monoisotopic (exact) mass is 352 g/mol. The maximum Gasteiger partial charge on any atom is 0.00955 e. The molecule has 0 bridgehead atoms. The van der Waals surface area contributed by atoms with Crippen LogP contribution in [0.2, 0.25) is 0 Å². The van der Waals surface area contributed by atoms with E-state index in [2.05, 4.69) is 38.0 Å². The summed E-state index contributed by atoms with van der Waals surface area (Å²) < 4.78 is 0. The van der Waals surface area contributed by atoms with Crippen molar-refractivity contribution >= 4 is 0 Å². The molecule has 0 spiro atoms. The molecular formula is C23H48N2. The van der Waals surface area contributed by atoms with Gasteiger partial charge >= 0.3 is 0 Å². The van der Waals surface area contributed by atoms with Gasteiger partial charge in [0.25, 0.3) is 0 Å². The van der Waals surface area contributed by atoms with Crippen molar-refractivity contribution in [2.75, 3.05) is 26.7 Å². The molecule has 2 atom stereocenters. The lowest BCUT2D eigenvalue weighted by molar-refractivity contribution is 0.184. The van der Waals surface area contributed by atoms with Crippen molar-refractivity contribution in [3.05, 3.63) is 0 Å². The van der Waals surface area contributed by atoms with Crippen LogP contribution < -0.4 is 5.32 Å². The number of hydrogen-bond donors (Lipinski definition) is 1. The summed E-state index contributed by atoms with van der Waals surface area (Å²) in [6.45, 7) is 10.9. The summed E-state index contributed by atoms with van der Waals surface area (Å²) in [5.74, 6) is 0. The maximum atomic E-state index is 3.42. The molecule has 0 saturated carbocycles. The molecule has 1 aliphatic heterocycles. The Kier molecular flexibility index (Phi) is 12.9. The van der Waals surface area contributed by atoms with Crippen molar-refractivity contribution in [1.82, 2.24) is 10.2 Å². The molecule has 2 nitrogen and oxygen atoms in total. The second kappa shape index (κ2) is 14.0. The lowest BCUT2D eigenvalue weighted by atomic mass is 9.90. The van der Waals surface area contributed by atoms with E-state index in [1.807, 2.05) is 0 Å². The zero-order chi connectivity index (χ0) is 18.4. The quantitative estimate of drug-likeness (QED) is 0.323. The first-order valence-corrected chi connectivity index (χ1v) is 11.5. The molecule has 2 unspecified atom stereocenters. The fourth-order valence-electron chi connectivity index (χ4n) is 4.60. The fourth-order valence-corrected chi connectivity index (χ4v) is 4.60. The van der Waals surface area contributed by atoms with Crippen molar-refractivity contribution in [3.63, 3.8) is 0 Å². The first-order valence-electron chi connectivity index (χ1n) is 11.5. The van der Waals surface area contributed by atoms with Gasteiger partial charge in [-0.05, 0) is 38.3 Å². The van der Waals surface area contributed by atoms with Crippen LogP contribution in [0, 0.1) is 5.41 Å². The SMILES string of the molecule is CCCCCCCCC(CCCCCCC)N1CCC(C)(CNC)C1. The third-order valence-corrected chi connectivity index (χ3v) is 6.24. The Morgan fingerprint density at radius 3 is 1.88 bits per heavy atom. The Hall–Kier alpha value is -0.0800. The predicted molar refractivity (Wildman–Crippen MR) is 113 cm³/mol. The Bertz CT molecular complexity index is 304. The van der Waals surface area contributed by atoms with Crippen molar-refractivity contribution in [2.45, 2.75) is 117 Å². The van der Waals surface area contributed by atoms with E-state index in [1.165, 1.54) is 110 Å². The van der Waals surface area contributed by atoms with Gasteiger partial charge in [0.2, 0.25) is 0 Å². The summed E-state index contributed by atoms with van der Waals surface area (Å²) in [7, 11) is 2.11. The van der Waals surface area contributed by atoms with Crippen molar-refractivity contribution in [1.29, 1.82) is 0 Å². The Labute approximate surface area is 159 Å². The number of likely N-dealkylation sites (tertiary alicyclic amines) is 1. The predicted octanol–water partition coefficient (Wildman–Crippen LogP) is 6.40. The van der Waals surface area contributed by atoms with E-state index < -0.39 is 0 Å². The van der Waals surface area contributed by atoms with Crippen LogP contribution in [0.15, 0.2) is 0 Å². The molecule has 0 aromatic rings. The minimum Gasteiger partial charge on any atom is -0.319 e. The zero-order valence-corrected chi connectivity index (χ0v) is 18.0. The van der Waals surface area contributed by atoms with E-state index in [0.717, 1.165) is 6.04 Å². The highest BCUT2D eigenvalue weighted by Crippen LogP contribution is 2.32. The van der Waals surface area contributed by atoms with Crippen LogP contribution in [0.1, 0.15) is 111 Å². The van der Waals surface area contributed by atoms with Crippen LogP contribution in [-0.2, 0) is 0 Å². The van der Waals surface area contributed by atoms with Crippen LogP contribution in [0.4, 0.5) is 0 Å². The molecule has 0 radical (unpaired) electrons. The molecule has 1 rings (SSSR count). The first-order chi connectivity index (χ1) is 12.1. The average molecular weight is 353 g/mol. The maximum absolute atomic E-state index is 3.42. The van der Waals surface area contributed by atoms with Crippen LogP contribution in [0.5, 0.6) is 0 Å². The normalized spacial score (nSPS) is 22.6. The summed E-state index contributed by atoms with van der Waals surface area (Å²) >= 11 is 0. The summed E-state index contributed by atoms with van der Waals surface area (Å²) in [5, 5.41) is 3.42. The third-order valence-electron chi connectivity index (χ3n) is 6.24. The van der Waals surface area contributed by atoms with Gasteiger partial charge in [0.1, 0.15) is 0 Å². The molecule has 0 aromatic carbocycles. The lowest BCUT2D eigenvalue weighted by Gasteiger charge is -2.31. The van der Waals surface area contributed by atoms with Gasteiger partial charge in [-0.2, -0.15) is 0 Å². The summed E-state index contributed by atoms with van der Waals surface area (Å²) in [5.41, 5.74) is 0.496. The largest absolute Gasteiger partial charge is 0.319 e. The smallest absolute Gasteiger partial charge is 0.00955 e. The molecule has 2 heteroatoms. The molecule has 25 heavy (non-hydrogen) atoms. The third kappa shape index (κ3) is 9.99. The van der Waals surface area contributed by atoms with Crippen molar-refractivity contribution < 1.29 is 0 Å². The average Bonchev–Trinajstić information content (AvgIpc) is 2.98. The fraction of sp³-hybridized carbons (Fsp3) is 1.00. The summed E-state index contributed by atoms with van der Waals surface area (Å²) in [6, 6.07) is 0.853. The standard InChI is InChI=1S/C23H48N2/c1-5-7-9-11-13-15-17-22(16-14-12-10-8-6-2)25-19-18-23(3,21-25)20-24-4/h22,24H,5-21H2,1-4H3. The molecule has 1 aliphatic rings. The number of unbranched alkanes of at least 4 members (excludes halogenated alkanes) is 9. The number of rotatable bonds is 16. The molecule has 0 aromatic heterocycles. The second-order valence-electron chi connectivity index (χ2n) is 8.97. The van der Waals surface area contributed by atoms with E-state index in [0.29, 0.717) is 5.41 Å². The number of hydrogen-bond acceptors (Lipinski definition) is 2. The number of nitrogens with one attached hydrogen (secondary N) is 1. The molecule has 150 valence electrons. The topological polar surface area (TPSA) is 15.3 Å². The molecule has 0 aliphatic carbocycles. The Morgan fingerprint density at radius 1 is 0.840 bits per heavy atom. The van der Waals surface area contributed by atoms with Gasteiger partial charge in [-0.15, -0.1) is 0 Å². The van der Waals surface area contributed by atoms with Gasteiger partial charge < -0.3 is 5.32 Å². The zero-order valence-electron chi connectivity index (χ0n) is 18.0. The highest BCUT2D eigenvalue weighted by Gasteiger charge is 2.35. The van der Waals surface area contributed by atoms with Gasteiger partial charge in [0.05, 0.1) is 0 Å². The van der Waals surface area contributed by atoms with Crippen LogP contribution >= 0.6 is 0 Å². The minimum atomic E-state index is 0.496. The Balaban J connectivity index is 2.36. The molecule has 1 fully saturated rings. The molecule has 0 amide bonds. The number of nitrogens with zero attached hydrogens (tertiary/aromatic N) is 1. The van der Waals surface area contributed by atoms with Crippen LogP contribution in [0.3, 0.4) is 0 Å². The van der Waals surface area contributed by atoms with E-state index in [1.54, 1.807) is 0 Å².